The molecular formula is C5H10O6. The van der Waals surface area contributed by atoms with Crippen molar-refractivity contribution < 1.29 is 30.3 Å². The van der Waals surface area contributed by atoms with E-state index in [1.54, 1.807) is 0 Å². The van der Waals surface area contributed by atoms with Crippen LogP contribution in [0, 0.1) is 0 Å². The Labute approximate surface area is 62.3 Å². The predicted molar refractivity (Wildman–Crippen MR) is 31.1 cm³/mol. The van der Waals surface area contributed by atoms with Crippen LogP contribution in [0.2, 0.25) is 0 Å². The van der Waals surface area contributed by atoms with E-state index in [1.807, 2.05) is 0 Å². The SMILES string of the molecule is O[C@H]1[C@H](O)COC(O)(O)[C@@H]1O. The molecule has 11 heavy (non-hydrogen) atoms. The van der Waals surface area contributed by atoms with Crippen molar-refractivity contribution in [3.05, 3.63) is 0 Å². The van der Waals surface area contributed by atoms with Gasteiger partial charge in [0.05, 0.1) is 6.61 Å². The van der Waals surface area contributed by atoms with Crippen molar-refractivity contribution in [2.75, 3.05) is 6.61 Å². The first-order chi connectivity index (χ1) is 4.95. The lowest BCUT2D eigenvalue weighted by Gasteiger charge is -2.37. The van der Waals surface area contributed by atoms with Crippen molar-refractivity contribution in [2.45, 2.75) is 24.3 Å². The van der Waals surface area contributed by atoms with Gasteiger partial charge in [-0.05, 0) is 0 Å². The molecule has 0 aromatic carbocycles. The summed E-state index contributed by atoms with van der Waals surface area (Å²) in [6.45, 7) is -0.425. The van der Waals surface area contributed by atoms with Gasteiger partial charge >= 0.3 is 5.97 Å². The Morgan fingerprint density at radius 3 is 2.18 bits per heavy atom. The fraction of sp³-hybridized carbons (Fsp3) is 1.00. The van der Waals surface area contributed by atoms with Gasteiger partial charge in [-0.3, -0.25) is 0 Å². The van der Waals surface area contributed by atoms with Crippen molar-refractivity contribution in [2.24, 2.45) is 0 Å². The second kappa shape index (κ2) is 2.67. The van der Waals surface area contributed by atoms with Crippen molar-refractivity contribution in [1.29, 1.82) is 0 Å². The largest absolute Gasteiger partial charge is 0.388 e. The Balaban J connectivity index is 2.67. The zero-order chi connectivity index (χ0) is 8.65. The van der Waals surface area contributed by atoms with Crippen molar-refractivity contribution in [3.63, 3.8) is 0 Å². The maximum absolute atomic E-state index is 8.88. The molecule has 1 rings (SSSR count). The molecule has 66 valence electrons. The van der Waals surface area contributed by atoms with Gasteiger partial charge in [0.1, 0.15) is 12.2 Å². The standard InChI is InChI=1S/C5H10O6/c6-2-1-11-5(9,10)4(8)3(2)7/h2-4,6-10H,1H2/t2-,3+,4-/m1/s1. The summed E-state index contributed by atoms with van der Waals surface area (Å²) in [5, 5.41) is 44.0. The van der Waals surface area contributed by atoms with E-state index in [0.29, 0.717) is 0 Å². The van der Waals surface area contributed by atoms with Crippen LogP contribution >= 0.6 is 0 Å². The second-order valence-electron chi connectivity index (χ2n) is 2.47. The minimum atomic E-state index is -2.77. The lowest BCUT2D eigenvalue weighted by atomic mass is 10.0. The Kier molecular flexibility index (Phi) is 2.15. The summed E-state index contributed by atoms with van der Waals surface area (Å²) in [4.78, 5) is 0. The van der Waals surface area contributed by atoms with Crippen LogP contribution in [0.5, 0.6) is 0 Å². The first kappa shape index (κ1) is 8.85. The highest BCUT2D eigenvalue weighted by atomic mass is 16.8. The molecule has 3 atom stereocenters. The van der Waals surface area contributed by atoms with Crippen LogP contribution in [0.3, 0.4) is 0 Å². The van der Waals surface area contributed by atoms with Crippen LogP contribution in [0.4, 0.5) is 0 Å². The molecule has 1 aliphatic rings. The Hall–Kier alpha value is -0.240. The van der Waals surface area contributed by atoms with E-state index in [9.17, 15) is 0 Å². The molecule has 0 bridgehead atoms. The molecule has 0 aliphatic carbocycles. The molecule has 0 amide bonds. The number of aliphatic hydroxyl groups excluding tert-OH is 3. The van der Waals surface area contributed by atoms with Gasteiger partial charge in [-0.2, -0.15) is 0 Å². The van der Waals surface area contributed by atoms with Crippen LogP contribution in [0.1, 0.15) is 0 Å². The number of hydrogen-bond acceptors (Lipinski definition) is 6. The molecule has 5 N–H and O–H groups in total. The molecule has 0 aromatic rings. The third-order valence-corrected chi connectivity index (χ3v) is 1.57. The van der Waals surface area contributed by atoms with Gasteiger partial charge < -0.3 is 30.3 Å². The summed E-state index contributed by atoms with van der Waals surface area (Å²) in [7, 11) is 0. The lowest BCUT2D eigenvalue weighted by Crippen LogP contribution is -2.60. The molecule has 1 saturated heterocycles. The highest BCUT2D eigenvalue weighted by Crippen LogP contribution is 2.20. The molecule has 6 heteroatoms. The highest BCUT2D eigenvalue weighted by molar-refractivity contribution is 4.85. The molecule has 0 saturated carbocycles. The fourth-order valence-corrected chi connectivity index (χ4v) is 0.825. The van der Waals surface area contributed by atoms with Gasteiger partial charge in [0, 0.05) is 0 Å². The second-order valence-corrected chi connectivity index (χ2v) is 2.47. The van der Waals surface area contributed by atoms with Crippen molar-refractivity contribution in [3.8, 4) is 0 Å². The summed E-state index contributed by atoms with van der Waals surface area (Å²) in [6, 6.07) is 0. The minimum Gasteiger partial charge on any atom is -0.388 e. The van der Waals surface area contributed by atoms with Gasteiger partial charge in [-0.15, -0.1) is 0 Å². The van der Waals surface area contributed by atoms with Crippen LogP contribution in [-0.2, 0) is 4.74 Å². The van der Waals surface area contributed by atoms with E-state index < -0.39 is 30.9 Å². The topological polar surface area (TPSA) is 110 Å². The molecular weight excluding hydrogens is 156 g/mol. The van der Waals surface area contributed by atoms with Crippen LogP contribution < -0.4 is 0 Å². The molecule has 6 nitrogen and oxygen atoms in total. The summed E-state index contributed by atoms with van der Waals surface area (Å²) in [6.07, 6.45) is -4.80. The molecule has 0 spiro atoms. The lowest BCUT2D eigenvalue weighted by molar-refractivity contribution is -0.415. The fourth-order valence-electron chi connectivity index (χ4n) is 0.825. The number of hydrogen-bond donors (Lipinski definition) is 5. The summed E-state index contributed by atoms with van der Waals surface area (Å²) in [5.41, 5.74) is 0. The van der Waals surface area contributed by atoms with E-state index >= 15 is 0 Å². The first-order valence-corrected chi connectivity index (χ1v) is 3.08. The average Bonchev–Trinajstić information content (AvgIpc) is 1.95. The van der Waals surface area contributed by atoms with Crippen molar-refractivity contribution >= 4 is 0 Å². The van der Waals surface area contributed by atoms with E-state index in [4.69, 9.17) is 25.5 Å². The molecule has 1 aliphatic heterocycles. The van der Waals surface area contributed by atoms with Crippen LogP contribution in [-0.4, -0.2) is 56.4 Å². The van der Waals surface area contributed by atoms with Gasteiger partial charge in [0.15, 0.2) is 6.10 Å². The summed E-state index contributed by atoms with van der Waals surface area (Å²) < 4.78 is 4.21. The number of ether oxygens (including phenoxy) is 1. The van der Waals surface area contributed by atoms with Gasteiger partial charge in [-0.1, -0.05) is 0 Å². The summed E-state index contributed by atoms with van der Waals surface area (Å²) in [5.74, 6) is -2.77. The number of rotatable bonds is 0. The van der Waals surface area contributed by atoms with E-state index in [0.717, 1.165) is 0 Å². The normalized spacial score (nSPS) is 43.9. The monoisotopic (exact) mass is 166 g/mol. The molecule has 0 aromatic heterocycles. The van der Waals surface area contributed by atoms with Gasteiger partial charge in [-0.25, -0.2) is 0 Å². The Bertz CT molecular complexity index is 146. The zero-order valence-corrected chi connectivity index (χ0v) is 5.58. The first-order valence-electron chi connectivity index (χ1n) is 3.08. The molecule has 0 unspecified atom stereocenters. The Morgan fingerprint density at radius 2 is 1.73 bits per heavy atom. The van der Waals surface area contributed by atoms with Gasteiger partial charge in [0.2, 0.25) is 0 Å². The average molecular weight is 166 g/mol. The van der Waals surface area contributed by atoms with Crippen LogP contribution in [0.25, 0.3) is 0 Å². The van der Waals surface area contributed by atoms with E-state index in [-0.39, 0.29) is 0 Å². The molecule has 1 fully saturated rings. The molecule has 0 radical (unpaired) electrons. The predicted octanol–water partition coefficient (Wildman–Crippen LogP) is -3.26. The van der Waals surface area contributed by atoms with Crippen molar-refractivity contribution in [1.82, 2.24) is 0 Å². The smallest absolute Gasteiger partial charge is 0.308 e. The maximum Gasteiger partial charge on any atom is 0.308 e. The third-order valence-electron chi connectivity index (χ3n) is 1.57. The quantitative estimate of drug-likeness (QED) is 0.242. The molecule has 1 heterocycles. The van der Waals surface area contributed by atoms with E-state index in [1.165, 1.54) is 0 Å². The maximum atomic E-state index is 8.88. The van der Waals surface area contributed by atoms with Crippen LogP contribution in [0.15, 0.2) is 0 Å². The van der Waals surface area contributed by atoms with E-state index in [2.05, 4.69) is 4.74 Å². The Morgan fingerprint density at radius 1 is 1.18 bits per heavy atom. The summed E-state index contributed by atoms with van der Waals surface area (Å²) >= 11 is 0. The zero-order valence-electron chi connectivity index (χ0n) is 5.58. The highest BCUT2D eigenvalue weighted by Gasteiger charge is 2.47. The minimum absolute atomic E-state index is 0.425. The number of aliphatic hydroxyl groups is 5. The van der Waals surface area contributed by atoms with Gasteiger partial charge in [0.25, 0.3) is 0 Å². The third kappa shape index (κ3) is 1.51.